The fourth-order valence-corrected chi connectivity index (χ4v) is 2.86. The Labute approximate surface area is 106 Å². The van der Waals surface area contributed by atoms with Crippen LogP contribution in [0, 0.1) is 0 Å². The molecule has 1 N–H and O–H groups in total. The second kappa shape index (κ2) is 6.94. The molecule has 96 valence electrons. The van der Waals surface area contributed by atoms with Gasteiger partial charge >= 0.3 is 0 Å². The van der Waals surface area contributed by atoms with Gasteiger partial charge in [0.15, 0.2) is 0 Å². The number of hydrogen-bond donors (Lipinski definition) is 1. The van der Waals surface area contributed by atoms with Gasteiger partial charge in [0.1, 0.15) is 0 Å². The quantitative estimate of drug-likeness (QED) is 0.593. The standard InChI is InChI=1S/C14H25NOSi/c1-16-11-5-10-15-12-13-6-8-14(9-7-13)17(2,3)4/h6-9,15H,5,10-12H2,1-4H3. The van der Waals surface area contributed by atoms with Crippen LogP contribution in [0.25, 0.3) is 0 Å². The maximum Gasteiger partial charge on any atom is 0.0775 e. The highest BCUT2D eigenvalue weighted by molar-refractivity contribution is 6.88. The Morgan fingerprint density at radius 1 is 1.12 bits per heavy atom. The van der Waals surface area contributed by atoms with Crippen molar-refractivity contribution >= 4 is 13.3 Å². The molecule has 1 aromatic rings. The Morgan fingerprint density at radius 2 is 1.76 bits per heavy atom. The van der Waals surface area contributed by atoms with Crippen LogP contribution in [0.15, 0.2) is 24.3 Å². The van der Waals surface area contributed by atoms with Gasteiger partial charge < -0.3 is 10.1 Å². The van der Waals surface area contributed by atoms with Crippen molar-refractivity contribution in [3.63, 3.8) is 0 Å². The van der Waals surface area contributed by atoms with E-state index in [9.17, 15) is 0 Å². The Kier molecular flexibility index (Phi) is 5.89. The molecular formula is C14H25NOSi. The predicted octanol–water partition coefficient (Wildman–Crippen LogP) is 2.36. The summed E-state index contributed by atoms with van der Waals surface area (Å²) >= 11 is 0. The fourth-order valence-electron chi connectivity index (χ4n) is 1.70. The molecule has 0 amide bonds. The second-order valence-electron chi connectivity index (χ2n) is 5.47. The first-order valence-electron chi connectivity index (χ1n) is 6.33. The van der Waals surface area contributed by atoms with Crippen LogP contribution in [0.3, 0.4) is 0 Å². The van der Waals surface area contributed by atoms with Crippen molar-refractivity contribution in [3.8, 4) is 0 Å². The first-order chi connectivity index (χ1) is 8.04. The molecule has 0 aliphatic rings. The smallest absolute Gasteiger partial charge is 0.0775 e. The molecule has 0 aliphatic carbocycles. The molecule has 0 saturated heterocycles. The molecule has 2 nitrogen and oxygen atoms in total. The van der Waals surface area contributed by atoms with E-state index in [4.69, 9.17) is 4.74 Å². The van der Waals surface area contributed by atoms with Crippen LogP contribution in [0.1, 0.15) is 12.0 Å². The Balaban J connectivity index is 2.36. The third-order valence-electron chi connectivity index (χ3n) is 2.85. The SMILES string of the molecule is COCCCNCc1ccc([Si](C)(C)C)cc1. The normalized spacial score (nSPS) is 11.8. The molecular weight excluding hydrogens is 226 g/mol. The molecule has 1 aromatic carbocycles. The summed E-state index contributed by atoms with van der Waals surface area (Å²) in [5, 5.41) is 4.95. The van der Waals surface area contributed by atoms with Gasteiger partial charge in [-0.2, -0.15) is 0 Å². The van der Waals surface area contributed by atoms with E-state index in [1.807, 2.05) is 0 Å². The van der Waals surface area contributed by atoms with E-state index in [1.54, 1.807) is 7.11 Å². The number of hydrogen-bond acceptors (Lipinski definition) is 2. The van der Waals surface area contributed by atoms with E-state index in [2.05, 4.69) is 49.2 Å². The van der Waals surface area contributed by atoms with Crippen LogP contribution in [0.5, 0.6) is 0 Å². The third-order valence-corrected chi connectivity index (χ3v) is 4.92. The minimum atomic E-state index is -1.14. The lowest BCUT2D eigenvalue weighted by atomic mass is 10.2. The van der Waals surface area contributed by atoms with Crippen molar-refractivity contribution in [2.24, 2.45) is 0 Å². The summed E-state index contributed by atoms with van der Waals surface area (Å²) in [4.78, 5) is 0. The van der Waals surface area contributed by atoms with Gasteiger partial charge in [0.25, 0.3) is 0 Å². The van der Waals surface area contributed by atoms with Crippen LogP contribution in [0.2, 0.25) is 19.6 Å². The summed E-state index contributed by atoms with van der Waals surface area (Å²) in [5.41, 5.74) is 1.37. The highest BCUT2D eigenvalue weighted by Crippen LogP contribution is 2.04. The van der Waals surface area contributed by atoms with Crippen molar-refractivity contribution < 1.29 is 4.74 Å². The number of ether oxygens (including phenoxy) is 1. The average molecular weight is 251 g/mol. The van der Waals surface area contributed by atoms with E-state index < -0.39 is 8.07 Å². The van der Waals surface area contributed by atoms with E-state index in [1.165, 1.54) is 10.8 Å². The van der Waals surface area contributed by atoms with Gasteiger partial charge in [-0.05, 0) is 18.5 Å². The minimum absolute atomic E-state index is 0.835. The van der Waals surface area contributed by atoms with Crippen LogP contribution < -0.4 is 10.5 Å². The van der Waals surface area contributed by atoms with Crippen molar-refractivity contribution in [2.75, 3.05) is 20.3 Å². The summed E-state index contributed by atoms with van der Waals surface area (Å²) in [5.74, 6) is 0. The molecule has 17 heavy (non-hydrogen) atoms. The van der Waals surface area contributed by atoms with Gasteiger partial charge in [-0.1, -0.05) is 49.1 Å². The molecule has 0 saturated carbocycles. The lowest BCUT2D eigenvalue weighted by molar-refractivity contribution is 0.194. The third kappa shape index (κ3) is 5.48. The van der Waals surface area contributed by atoms with Gasteiger partial charge in [0, 0.05) is 20.3 Å². The average Bonchev–Trinajstić information content (AvgIpc) is 2.28. The monoisotopic (exact) mass is 251 g/mol. The molecule has 3 heteroatoms. The highest BCUT2D eigenvalue weighted by Gasteiger charge is 2.15. The largest absolute Gasteiger partial charge is 0.385 e. The Morgan fingerprint density at radius 3 is 2.29 bits per heavy atom. The minimum Gasteiger partial charge on any atom is -0.385 e. The van der Waals surface area contributed by atoms with Crippen LogP contribution in [0.4, 0.5) is 0 Å². The van der Waals surface area contributed by atoms with E-state index in [-0.39, 0.29) is 0 Å². The number of rotatable bonds is 7. The highest BCUT2D eigenvalue weighted by atomic mass is 28.3. The number of methoxy groups -OCH3 is 1. The van der Waals surface area contributed by atoms with E-state index in [0.717, 1.165) is 26.1 Å². The van der Waals surface area contributed by atoms with Gasteiger partial charge in [-0.25, -0.2) is 0 Å². The van der Waals surface area contributed by atoms with Crippen LogP contribution >= 0.6 is 0 Å². The summed E-state index contributed by atoms with van der Waals surface area (Å²) in [6.07, 6.45) is 1.07. The maximum absolute atomic E-state index is 5.01. The number of nitrogens with one attached hydrogen (secondary N) is 1. The molecule has 0 heterocycles. The molecule has 0 aliphatic heterocycles. The molecule has 0 spiro atoms. The van der Waals surface area contributed by atoms with Crippen molar-refractivity contribution in [1.82, 2.24) is 5.32 Å². The first kappa shape index (κ1) is 14.4. The summed E-state index contributed by atoms with van der Waals surface area (Å²) in [6.45, 7) is 9.95. The van der Waals surface area contributed by atoms with Crippen LogP contribution in [-0.4, -0.2) is 28.3 Å². The molecule has 0 radical (unpaired) electrons. The van der Waals surface area contributed by atoms with Crippen LogP contribution in [-0.2, 0) is 11.3 Å². The second-order valence-corrected chi connectivity index (χ2v) is 10.5. The Hall–Kier alpha value is -0.643. The van der Waals surface area contributed by atoms with Crippen molar-refractivity contribution in [1.29, 1.82) is 0 Å². The molecule has 0 bridgehead atoms. The first-order valence-corrected chi connectivity index (χ1v) is 9.83. The lowest BCUT2D eigenvalue weighted by Gasteiger charge is -2.16. The van der Waals surface area contributed by atoms with Gasteiger partial charge in [0.2, 0.25) is 0 Å². The zero-order valence-electron chi connectivity index (χ0n) is 11.5. The molecule has 0 atom stereocenters. The molecule has 0 unspecified atom stereocenters. The zero-order valence-corrected chi connectivity index (χ0v) is 12.5. The molecule has 1 rings (SSSR count). The van der Waals surface area contributed by atoms with E-state index in [0.29, 0.717) is 0 Å². The summed E-state index contributed by atoms with van der Waals surface area (Å²) in [7, 11) is 0.603. The van der Waals surface area contributed by atoms with Crippen molar-refractivity contribution in [3.05, 3.63) is 29.8 Å². The molecule has 0 fully saturated rings. The van der Waals surface area contributed by atoms with Gasteiger partial charge in [0.05, 0.1) is 8.07 Å². The van der Waals surface area contributed by atoms with Gasteiger partial charge in [-0.15, -0.1) is 0 Å². The summed E-state index contributed by atoms with van der Waals surface area (Å²) in [6, 6.07) is 9.07. The fraction of sp³-hybridized carbons (Fsp3) is 0.571. The molecule has 0 aromatic heterocycles. The predicted molar refractivity (Wildman–Crippen MR) is 77.6 cm³/mol. The topological polar surface area (TPSA) is 21.3 Å². The maximum atomic E-state index is 5.01. The van der Waals surface area contributed by atoms with Crippen molar-refractivity contribution in [2.45, 2.75) is 32.6 Å². The Bertz CT molecular complexity index is 316. The zero-order chi connectivity index (χ0) is 12.7. The van der Waals surface area contributed by atoms with Gasteiger partial charge in [-0.3, -0.25) is 0 Å². The van der Waals surface area contributed by atoms with E-state index >= 15 is 0 Å². The lowest BCUT2D eigenvalue weighted by Crippen LogP contribution is -2.37. The summed E-state index contributed by atoms with van der Waals surface area (Å²) < 4.78 is 5.01. The number of benzene rings is 1.